The molecule has 47 heavy (non-hydrogen) atoms. The van der Waals surface area contributed by atoms with E-state index < -0.39 is 96.9 Å². The molecule has 0 aliphatic carbocycles. The molecule has 0 bridgehead atoms. The molecule has 1 aliphatic heterocycles. The first kappa shape index (κ1) is 40.0. The number of carbonyl (C=O) groups is 8. The third-order valence-corrected chi connectivity index (χ3v) is 6.87. The molecule has 264 valence electrons. The lowest BCUT2D eigenvalue weighted by Gasteiger charge is -2.26. The van der Waals surface area contributed by atoms with Gasteiger partial charge in [-0.3, -0.25) is 43.3 Å². The maximum atomic E-state index is 13.4. The van der Waals surface area contributed by atoms with Gasteiger partial charge in [0.1, 0.15) is 30.2 Å². The molecular weight excluding hydrogens is 624 g/mol. The number of nitrogens with zero attached hydrogens (tertiary/aromatic N) is 1. The molecule has 14 N–H and O–H groups in total. The Bertz CT molecular complexity index is 1180. The van der Waals surface area contributed by atoms with E-state index in [2.05, 4.69) is 36.9 Å². The average Bonchev–Trinajstić information content (AvgIpc) is 2.98. The topological polar surface area (TPSA) is 340 Å². The second kappa shape index (κ2) is 20.9. The van der Waals surface area contributed by atoms with Crippen LogP contribution in [-0.2, 0) is 38.4 Å². The molecule has 0 aromatic carbocycles. The molecule has 0 aromatic heterocycles. The average molecular weight is 671 g/mol. The van der Waals surface area contributed by atoms with Gasteiger partial charge in [0.05, 0.1) is 6.42 Å². The van der Waals surface area contributed by atoms with Gasteiger partial charge in [-0.2, -0.15) is 0 Å². The van der Waals surface area contributed by atoms with E-state index in [-0.39, 0.29) is 44.7 Å². The van der Waals surface area contributed by atoms with Gasteiger partial charge in [0, 0.05) is 25.9 Å². The van der Waals surface area contributed by atoms with Crippen molar-refractivity contribution in [2.45, 2.75) is 94.9 Å². The van der Waals surface area contributed by atoms with Crippen LogP contribution in [0.2, 0.25) is 0 Å². The summed E-state index contributed by atoms with van der Waals surface area (Å²) < 4.78 is 0. The Morgan fingerprint density at radius 1 is 0.723 bits per heavy atom. The molecular formula is C27H46N10O10. The van der Waals surface area contributed by atoms with Crippen molar-refractivity contribution in [2.75, 3.05) is 19.6 Å². The third-order valence-electron chi connectivity index (χ3n) is 6.87. The number of amides is 6. The second-order valence-corrected chi connectivity index (χ2v) is 10.8. The smallest absolute Gasteiger partial charge is 0.305 e. The van der Waals surface area contributed by atoms with E-state index in [0.29, 0.717) is 19.4 Å². The van der Waals surface area contributed by atoms with Crippen LogP contribution >= 0.6 is 0 Å². The third kappa shape index (κ3) is 16.2. The molecule has 5 atom stereocenters. The molecule has 0 radical (unpaired) electrons. The minimum atomic E-state index is -1.74. The number of rotatable bonds is 13. The number of nitrogens with one attached hydrogen (secondary N) is 6. The number of unbranched alkanes of at least 4 members (excludes halogenated alkanes) is 1. The molecule has 20 heteroatoms. The Kier molecular flexibility index (Phi) is 17.8. The lowest BCUT2D eigenvalue weighted by Crippen LogP contribution is -2.59. The fourth-order valence-electron chi connectivity index (χ4n) is 4.37. The first-order valence-electron chi connectivity index (χ1n) is 15.1. The number of hydrogen-bond donors (Lipinski definition) is 11. The fourth-order valence-corrected chi connectivity index (χ4v) is 4.37. The summed E-state index contributed by atoms with van der Waals surface area (Å²) in [4.78, 5) is 105. The SMILES string of the molecule is C[C@@H]1NC(=O)[C@H](CCCN=C(N)N)NC(=O)[C@H](CCC(=O)O)NC(=O)[C@H](CC(=O)O)NC(=O)[C@H](CCCCN)NC(=O)CCNC1=O. The number of carboxylic acids is 2. The van der Waals surface area contributed by atoms with E-state index in [4.69, 9.17) is 17.2 Å². The monoisotopic (exact) mass is 670 g/mol. The molecule has 0 saturated carbocycles. The van der Waals surface area contributed by atoms with Crippen LogP contribution in [0, 0.1) is 0 Å². The van der Waals surface area contributed by atoms with E-state index >= 15 is 0 Å². The maximum Gasteiger partial charge on any atom is 0.305 e. The molecule has 1 rings (SSSR count). The van der Waals surface area contributed by atoms with Gasteiger partial charge >= 0.3 is 11.9 Å². The van der Waals surface area contributed by atoms with Gasteiger partial charge in [-0.25, -0.2) is 0 Å². The molecule has 0 aromatic rings. The van der Waals surface area contributed by atoms with E-state index in [9.17, 15) is 48.6 Å². The Morgan fingerprint density at radius 2 is 1.26 bits per heavy atom. The highest BCUT2D eigenvalue weighted by Gasteiger charge is 2.33. The van der Waals surface area contributed by atoms with Crippen LogP contribution in [0.25, 0.3) is 0 Å². The molecule has 0 unspecified atom stereocenters. The maximum absolute atomic E-state index is 13.4. The normalized spacial score (nSPS) is 23.7. The van der Waals surface area contributed by atoms with Crippen molar-refractivity contribution in [3.8, 4) is 0 Å². The zero-order valence-corrected chi connectivity index (χ0v) is 26.2. The van der Waals surface area contributed by atoms with E-state index in [1.165, 1.54) is 6.92 Å². The van der Waals surface area contributed by atoms with Crippen molar-refractivity contribution in [1.82, 2.24) is 31.9 Å². The minimum Gasteiger partial charge on any atom is -0.481 e. The van der Waals surface area contributed by atoms with E-state index in [0.717, 1.165) is 0 Å². The van der Waals surface area contributed by atoms with Gasteiger partial charge in [0.25, 0.3) is 0 Å². The first-order chi connectivity index (χ1) is 22.1. The van der Waals surface area contributed by atoms with E-state index in [1.54, 1.807) is 0 Å². The van der Waals surface area contributed by atoms with Crippen molar-refractivity contribution in [3.05, 3.63) is 0 Å². The summed E-state index contributed by atoms with van der Waals surface area (Å²) in [5.74, 6) is -8.14. The van der Waals surface area contributed by atoms with Gasteiger partial charge < -0.3 is 59.3 Å². The summed E-state index contributed by atoms with van der Waals surface area (Å²) in [5.41, 5.74) is 16.2. The van der Waals surface area contributed by atoms with Gasteiger partial charge in [-0.05, 0) is 52.0 Å². The quantitative estimate of drug-likeness (QED) is 0.0500. The lowest BCUT2D eigenvalue weighted by atomic mass is 10.0. The van der Waals surface area contributed by atoms with E-state index in [1.807, 2.05) is 0 Å². The second-order valence-electron chi connectivity index (χ2n) is 10.8. The summed E-state index contributed by atoms with van der Waals surface area (Å²) in [5, 5.41) is 33.1. The molecule has 1 heterocycles. The number of guanidine groups is 1. The van der Waals surface area contributed by atoms with Gasteiger partial charge in [-0.1, -0.05) is 0 Å². The summed E-state index contributed by atoms with van der Waals surface area (Å²) in [7, 11) is 0. The summed E-state index contributed by atoms with van der Waals surface area (Å²) in [6.07, 6.45) is -1.17. The molecule has 1 saturated heterocycles. The fraction of sp³-hybridized carbons (Fsp3) is 0.667. The summed E-state index contributed by atoms with van der Waals surface area (Å²) in [6, 6.07) is -6.98. The molecule has 20 nitrogen and oxygen atoms in total. The number of nitrogens with two attached hydrogens (primary N) is 3. The van der Waals surface area contributed by atoms with Gasteiger partial charge in [0.15, 0.2) is 5.96 Å². The molecule has 6 amide bonds. The van der Waals surface area contributed by atoms with Crippen molar-refractivity contribution in [1.29, 1.82) is 0 Å². The molecule has 1 aliphatic rings. The lowest BCUT2D eigenvalue weighted by molar-refractivity contribution is -0.141. The van der Waals surface area contributed by atoms with Crippen LogP contribution in [0.1, 0.15) is 64.7 Å². The van der Waals surface area contributed by atoms with Crippen LogP contribution in [0.4, 0.5) is 0 Å². The number of carbonyl (C=O) groups excluding carboxylic acids is 6. The van der Waals surface area contributed by atoms with Crippen LogP contribution in [0.5, 0.6) is 0 Å². The highest BCUT2D eigenvalue weighted by atomic mass is 16.4. The summed E-state index contributed by atoms with van der Waals surface area (Å²) in [6.45, 7) is 1.56. The highest BCUT2D eigenvalue weighted by Crippen LogP contribution is 2.07. The Balaban J connectivity index is 3.48. The van der Waals surface area contributed by atoms with Crippen LogP contribution in [0.15, 0.2) is 4.99 Å². The Labute approximate surface area is 270 Å². The zero-order chi connectivity index (χ0) is 35.5. The summed E-state index contributed by atoms with van der Waals surface area (Å²) >= 11 is 0. The first-order valence-corrected chi connectivity index (χ1v) is 15.1. The van der Waals surface area contributed by atoms with Crippen molar-refractivity contribution in [2.24, 2.45) is 22.2 Å². The predicted molar refractivity (Wildman–Crippen MR) is 165 cm³/mol. The van der Waals surface area contributed by atoms with Crippen molar-refractivity contribution < 1.29 is 48.6 Å². The highest BCUT2D eigenvalue weighted by molar-refractivity contribution is 5.97. The van der Waals surface area contributed by atoms with Gasteiger partial charge in [0.2, 0.25) is 35.4 Å². The number of aliphatic imine (C=N–C) groups is 1. The van der Waals surface area contributed by atoms with Crippen LogP contribution in [0.3, 0.4) is 0 Å². The minimum absolute atomic E-state index is 0.0499. The van der Waals surface area contributed by atoms with Crippen LogP contribution in [-0.4, -0.2) is 113 Å². The standard InChI is InChI=1S/C27H46N10O10/c1-14-22(43)31-12-9-19(38)34-15(5-2-3-10-28)24(45)37-18(13-21(41)42)26(47)36-17(7-8-20(39)40)25(46)35-16(23(44)33-14)6-4-11-32-27(29)30/h14-18H,2-13,28H2,1H3,(H,31,43)(H,33,44)(H,34,38)(H,35,46)(H,36,47)(H,37,45)(H,39,40)(H,41,42)(H4,29,30,32)/t14-,15-,16-,17-,18-/m0/s1. The Morgan fingerprint density at radius 3 is 1.83 bits per heavy atom. The molecule has 0 spiro atoms. The zero-order valence-electron chi connectivity index (χ0n) is 26.2. The predicted octanol–water partition coefficient (Wildman–Crippen LogP) is -4.53. The van der Waals surface area contributed by atoms with Gasteiger partial charge in [-0.15, -0.1) is 0 Å². The van der Waals surface area contributed by atoms with Crippen LogP contribution < -0.4 is 49.1 Å². The number of carboxylic acid groups (broad SMARTS) is 2. The molecule has 1 fully saturated rings. The van der Waals surface area contributed by atoms with Crippen molar-refractivity contribution in [3.63, 3.8) is 0 Å². The van der Waals surface area contributed by atoms with Crippen molar-refractivity contribution >= 4 is 53.3 Å². The Hall–Kier alpha value is -5.01. The number of hydrogen-bond acceptors (Lipinski definition) is 10. The number of aliphatic carboxylic acids is 2. The largest absolute Gasteiger partial charge is 0.481 e.